The number of aryl methyl sites for hydroxylation is 3. The molecular weight excluding hydrogens is 438 g/mol. The summed E-state index contributed by atoms with van der Waals surface area (Å²) in [4.78, 5) is 33.0. The van der Waals surface area contributed by atoms with Crippen LogP contribution in [0.15, 0.2) is 34.2 Å². The molecule has 32 heavy (non-hydrogen) atoms. The number of rotatable bonds is 8. The molecule has 0 spiro atoms. The summed E-state index contributed by atoms with van der Waals surface area (Å²) in [6.45, 7) is 7.51. The largest absolute Gasteiger partial charge is 0.351 e. The Kier molecular flexibility index (Phi) is 7.36. The third kappa shape index (κ3) is 5.26. The average Bonchev–Trinajstić information content (AvgIpc) is 3.15. The van der Waals surface area contributed by atoms with Gasteiger partial charge in [-0.3, -0.25) is 14.2 Å². The molecule has 2 aromatic heterocycles. The van der Waals surface area contributed by atoms with Gasteiger partial charge in [-0.05, 0) is 56.1 Å². The van der Waals surface area contributed by atoms with Gasteiger partial charge in [0.15, 0.2) is 5.16 Å². The quantitative estimate of drug-likeness (QED) is 0.368. The van der Waals surface area contributed by atoms with Crippen molar-refractivity contribution in [2.45, 2.75) is 71.1 Å². The summed E-state index contributed by atoms with van der Waals surface area (Å²) < 4.78 is 1.81. The van der Waals surface area contributed by atoms with Crippen LogP contribution in [-0.4, -0.2) is 21.2 Å². The van der Waals surface area contributed by atoms with Crippen LogP contribution in [0.5, 0.6) is 0 Å². The van der Waals surface area contributed by atoms with Crippen molar-refractivity contribution >= 4 is 39.2 Å². The summed E-state index contributed by atoms with van der Waals surface area (Å²) >= 11 is 3.03. The van der Waals surface area contributed by atoms with Gasteiger partial charge in [0.1, 0.15) is 4.83 Å². The summed E-state index contributed by atoms with van der Waals surface area (Å²) in [6, 6.07) is 8.15. The predicted octanol–water partition coefficient (Wildman–Crippen LogP) is 5.10. The molecule has 170 valence electrons. The summed E-state index contributed by atoms with van der Waals surface area (Å²) in [5, 5.41) is 4.46. The number of hydrogen-bond donors (Lipinski definition) is 1. The number of hydrogen-bond acceptors (Lipinski definition) is 5. The number of fused-ring (bicyclic) bond motifs is 3. The van der Waals surface area contributed by atoms with E-state index >= 15 is 0 Å². The van der Waals surface area contributed by atoms with Crippen LogP contribution >= 0.6 is 23.1 Å². The number of amides is 1. The van der Waals surface area contributed by atoms with E-state index in [0.717, 1.165) is 41.5 Å². The van der Waals surface area contributed by atoms with Gasteiger partial charge in [0.25, 0.3) is 5.56 Å². The maximum atomic E-state index is 13.5. The Morgan fingerprint density at radius 2 is 1.97 bits per heavy atom. The molecule has 1 amide bonds. The molecule has 0 aliphatic heterocycles. The third-order valence-electron chi connectivity index (χ3n) is 5.91. The number of benzene rings is 1. The van der Waals surface area contributed by atoms with E-state index in [4.69, 9.17) is 4.98 Å². The highest BCUT2D eigenvalue weighted by Gasteiger charge is 2.22. The molecule has 0 atom stereocenters. The molecule has 7 heteroatoms. The normalized spacial score (nSPS) is 13.5. The fraction of sp³-hybridized carbons (Fsp3) is 0.480. The molecule has 0 fully saturated rings. The van der Waals surface area contributed by atoms with Gasteiger partial charge in [-0.25, -0.2) is 4.98 Å². The van der Waals surface area contributed by atoms with Gasteiger partial charge < -0.3 is 5.32 Å². The second kappa shape index (κ2) is 10.2. The van der Waals surface area contributed by atoms with Crippen molar-refractivity contribution in [1.29, 1.82) is 0 Å². The van der Waals surface area contributed by atoms with Crippen molar-refractivity contribution in [2.75, 3.05) is 5.75 Å². The molecule has 4 rings (SSSR count). The predicted molar refractivity (Wildman–Crippen MR) is 134 cm³/mol. The van der Waals surface area contributed by atoms with Crippen molar-refractivity contribution in [3.05, 3.63) is 56.2 Å². The van der Waals surface area contributed by atoms with Gasteiger partial charge >= 0.3 is 0 Å². The topological polar surface area (TPSA) is 64.0 Å². The van der Waals surface area contributed by atoms with Gasteiger partial charge in [-0.2, -0.15) is 0 Å². The zero-order valence-corrected chi connectivity index (χ0v) is 20.7. The number of carbonyl (C=O) groups is 1. The van der Waals surface area contributed by atoms with Gasteiger partial charge in [-0.1, -0.05) is 55.4 Å². The van der Waals surface area contributed by atoms with Crippen LogP contribution in [0.25, 0.3) is 10.2 Å². The van der Waals surface area contributed by atoms with Crippen molar-refractivity contribution < 1.29 is 4.79 Å². The molecule has 0 bridgehead atoms. The zero-order chi connectivity index (χ0) is 22.7. The first-order chi connectivity index (χ1) is 15.4. The molecule has 1 aliphatic carbocycles. The lowest BCUT2D eigenvalue weighted by Crippen LogP contribution is -2.27. The SMILES string of the molecule is Cc1ccc(CNC(=O)CSc2nc3sc4c(c3c(=O)n2CCC(C)C)CCCC4)cc1. The first-order valence-electron chi connectivity index (χ1n) is 11.4. The fourth-order valence-corrected chi connectivity index (χ4v) is 6.16. The smallest absolute Gasteiger partial charge is 0.263 e. The van der Waals surface area contributed by atoms with E-state index in [1.165, 1.54) is 34.2 Å². The van der Waals surface area contributed by atoms with E-state index in [2.05, 4.69) is 19.2 Å². The molecule has 1 aliphatic rings. The number of aromatic nitrogens is 2. The lowest BCUT2D eigenvalue weighted by Gasteiger charge is -2.14. The first-order valence-corrected chi connectivity index (χ1v) is 13.2. The van der Waals surface area contributed by atoms with Crippen LogP contribution < -0.4 is 10.9 Å². The highest BCUT2D eigenvalue weighted by atomic mass is 32.2. The minimum absolute atomic E-state index is 0.0502. The summed E-state index contributed by atoms with van der Waals surface area (Å²) in [7, 11) is 0. The molecule has 3 aromatic rings. The van der Waals surface area contributed by atoms with E-state index in [0.29, 0.717) is 24.2 Å². The molecule has 1 aromatic carbocycles. The van der Waals surface area contributed by atoms with Crippen LogP contribution in [-0.2, 0) is 30.7 Å². The maximum Gasteiger partial charge on any atom is 0.263 e. The highest BCUT2D eigenvalue weighted by molar-refractivity contribution is 7.99. The molecule has 5 nitrogen and oxygen atoms in total. The average molecular weight is 470 g/mol. The first kappa shape index (κ1) is 23.1. The van der Waals surface area contributed by atoms with Crippen LogP contribution in [0.3, 0.4) is 0 Å². The monoisotopic (exact) mass is 469 g/mol. The number of nitrogens with zero attached hydrogens (tertiary/aromatic N) is 2. The summed E-state index contributed by atoms with van der Waals surface area (Å²) in [6.07, 6.45) is 5.26. The molecule has 1 N–H and O–H groups in total. The second-order valence-corrected chi connectivity index (χ2v) is 11.0. The van der Waals surface area contributed by atoms with Crippen molar-refractivity contribution in [3.63, 3.8) is 0 Å². The molecule has 0 saturated carbocycles. The van der Waals surface area contributed by atoms with Gasteiger partial charge in [-0.15, -0.1) is 11.3 Å². The summed E-state index contributed by atoms with van der Waals surface area (Å²) in [5.41, 5.74) is 3.57. The van der Waals surface area contributed by atoms with E-state index in [1.807, 2.05) is 35.8 Å². The van der Waals surface area contributed by atoms with Crippen molar-refractivity contribution in [3.8, 4) is 0 Å². The third-order valence-corrected chi connectivity index (χ3v) is 8.07. The number of thioether (sulfide) groups is 1. The van der Waals surface area contributed by atoms with Crippen LogP contribution in [0.4, 0.5) is 0 Å². The van der Waals surface area contributed by atoms with Crippen molar-refractivity contribution in [1.82, 2.24) is 14.9 Å². The molecule has 0 unspecified atom stereocenters. The maximum absolute atomic E-state index is 13.5. The van der Waals surface area contributed by atoms with E-state index < -0.39 is 0 Å². The summed E-state index contributed by atoms with van der Waals surface area (Å²) in [5.74, 6) is 0.687. The number of nitrogens with one attached hydrogen (secondary N) is 1. The second-order valence-electron chi connectivity index (χ2n) is 8.98. The number of thiophene rings is 1. The Balaban J connectivity index is 1.53. The van der Waals surface area contributed by atoms with E-state index in [-0.39, 0.29) is 17.2 Å². The standard InChI is InChI=1S/C25H31N3O2S2/c1-16(2)12-13-28-24(30)22-19-6-4-5-7-20(19)32-23(22)27-25(28)31-15-21(29)26-14-18-10-8-17(3)9-11-18/h8-11,16H,4-7,12-15H2,1-3H3,(H,26,29). The Bertz CT molecular complexity index is 1160. The van der Waals surface area contributed by atoms with Gasteiger partial charge in [0, 0.05) is 18.0 Å². The minimum atomic E-state index is -0.0502. The van der Waals surface area contributed by atoms with Crippen LogP contribution in [0.2, 0.25) is 0 Å². The fourth-order valence-electron chi connectivity index (χ4n) is 4.00. The number of carbonyl (C=O) groups excluding carboxylic acids is 1. The van der Waals surface area contributed by atoms with Crippen LogP contribution in [0.1, 0.15) is 54.7 Å². The van der Waals surface area contributed by atoms with Crippen LogP contribution in [0, 0.1) is 12.8 Å². The van der Waals surface area contributed by atoms with E-state index in [1.54, 1.807) is 11.3 Å². The van der Waals surface area contributed by atoms with Crippen molar-refractivity contribution in [2.24, 2.45) is 5.92 Å². The molecule has 0 radical (unpaired) electrons. The highest BCUT2D eigenvalue weighted by Crippen LogP contribution is 2.34. The molecule has 2 heterocycles. The van der Waals surface area contributed by atoms with Gasteiger partial charge in [0.2, 0.25) is 5.91 Å². The Morgan fingerprint density at radius 3 is 2.72 bits per heavy atom. The molecular formula is C25H31N3O2S2. The van der Waals surface area contributed by atoms with E-state index in [9.17, 15) is 9.59 Å². The lowest BCUT2D eigenvalue weighted by atomic mass is 9.97. The minimum Gasteiger partial charge on any atom is -0.351 e. The van der Waals surface area contributed by atoms with Gasteiger partial charge in [0.05, 0.1) is 11.1 Å². The Hall–Kier alpha value is -2.12. The Morgan fingerprint density at radius 1 is 1.22 bits per heavy atom. The molecule has 0 saturated heterocycles. The Labute approximate surface area is 197 Å². The zero-order valence-electron chi connectivity index (χ0n) is 19.1. The lowest BCUT2D eigenvalue weighted by molar-refractivity contribution is -0.118.